The van der Waals surface area contributed by atoms with E-state index in [0.29, 0.717) is 40.3 Å². The van der Waals surface area contributed by atoms with Crippen molar-refractivity contribution in [3.8, 4) is 22.8 Å². The summed E-state index contributed by atoms with van der Waals surface area (Å²) >= 11 is 0. The first-order chi connectivity index (χ1) is 13.0. The molecule has 0 atom stereocenters. The number of aryl methyl sites for hydroxylation is 1. The maximum absolute atomic E-state index is 11.3. The summed E-state index contributed by atoms with van der Waals surface area (Å²) in [5.74, 6) is 1.20. The number of fused-ring (bicyclic) bond motifs is 1. The summed E-state index contributed by atoms with van der Waals surface area (Å²) in [5.41, 5.74) is 3.61. The Morgan fingerprint density at radius 2 is 1.74 bits per heavy atom. The minimum atomic E-state index is -0.399. The number of nitro groups is 1. The SMILES string of the molecule is COCc1cc(OC)c(-c2nc3cccc([N+](=O)[O-])c3cc2C)c(OC)c1. The van der Waals surface area contributed by atoms with Gasteiger partial charge in [-0.25, -0.2) is 4.98 Å². The molecular weight excluding hydrogens is 348 g/mol. The number of nitro benzene ring substituents is 1. The second kappa shape index (κ2) is 7.59. The number of rotatable bonds is 6. The van der Waals surface area contributed by atoms with Gasteiger partial charge in [0.25, 0.3) is 5.69 Å². The maximum atomic E-state index is 11.3. The number of methoxy groups -OCH3 is 3. The second-order valence-electron chi connectivity index (χ2n) is 6.06. The molecule has 0 radical (unpaired) electrons. The molecule has 7 nitrogen and oxygen atoms in total. The van der Waals surface area contributed by atoms with Crippen LogP contribution >= 0.6 is 0 Å². The highest BCUT2D eigenvalue weighted by molar-refractivity contribution is 5.92. The van der Waals surface area contributed by atoms with Gasteiger partial charge in [-0.15, -0.1) is 0 Å². The molecule has 3 aromatic rings. The lowest BCUT2D eigenvalue weighted by Gasteiger charge is -2.17. The van der Waals surface area contributed by atoms with Crippen molar-refractivity contribution in [1.82, 2.24) is 4.98 Å². The maximum Gasteiger partial charge on any atom is 0.278 e. The van der Waals surface area contributed by atoms with Gasteiger partial charge in [0.2, 0.25) is 0 Å². The first kappa shape index (κ1) is 18.6. The van der Waals surface area contributed by atoms with Gasteiger partial charge in [-0.1, -0.05) is 6.07 Å². The molecule has 0 amide bonds. The van der Waals surface area contributed by atoms with Crippen LogP contribution in [0.4, 0.5) is 5.69 Å². The number of ether oxygens (including phenoxy) is 3. The van der Waals surface area contributed by atoms with Gasteiger partial charge in [0, 0.05) is 13.2 Å². The molecule has 0 saturated carbocycles. The number of hydrogen-bond acceptors (Lipinski definition) is 6. The molecule has 0 aliphatic rings. The van der Waals surface area contributed by atoms with Crippen molar-refractivity contribution in [1.29, 1.82) is 0 Å². The standard InChI is InChI=1S/C20H20N2O5/c1-12-8-14-15(6-5-7-16(14)22(23)24)21-20(12)19-17(26-3)9-13(11-25-2)10-18(19)27-4/h5-10H,11H2,1-4H3. The van der Waals surface area contributed by atoms with Gasteiger partial charge in [0.1, 0.15) is 11.5 Å². The third-order valence-corrected chi connectivity index (χ3v) is 4.34. The quantitative estimate of drug-likeness (QED) is 0.477. The van der Waals surface area contributed by atoms with Crippen LogP contribution in [0, 0.1) is 17.0 Å². The van der Waals surface area contributed by atoms with Gasteiger partial charge in [-0.2, -0.15) is 0 Å². The molecule has 0 N–H and O–H groups in total. The molecule has 0 spiro atoms. The van der Waals surface area contributed by atoms with Crippen LogP contribution in [0.15, 0.2) is 36.4 Å². The average molecular weight is 368 g/mol. The first-order valence-electron chi connectivity index (χ1n) is 8.29. The first-order valence-corrected chi connectivity index (χ1v) is 8.29. The number of hydrogen-bond donors (Lipinski definition) is 0. The Hall–Kier alpha value is -3.19. The summed E-state index contributed by atoms with van der Waals surface area (Å²) in [5, 5.41) is 11.8. The molecule has 1 aromatic heterocycles. The van der Waals surface area contributed by atoms with Crippen LogP contribution in [-0.4, -0.2) is 31.2 Å². The molecule has 7 heteroatoms. The van der Waals surface area contributed by atoms with E-state index in [9.17, 15) is 10.1 Å². The second-order valence-corrected chi connectivity index (χ2v) is 6.06. The third-order valence-electron chi connectivity index (χ3n) is 4.34. The number of non-ortho nitro benzene ring substituents is 1. The lowest BCUT2D eigenvalue weighted by atomic mass is 10.00. The van der Waals surface area contributed by atoms with Gasteiger partial charge in [0.15, 0.2) is 0 Å². The Morgan fingerprint density at radius 3 is 2.30 bits per heavy atom. The van der Waals surface area contributed by atoms with Crippen LogP contribution < -0.4 is 9.47 Å². The smallest absolute Gasteiger partial charge is 0.278 e. The molecular formula is C20H20N2O5. The van der Waals surface area contributed by atoms with Gasteiger partial charge in [0.05, 0.1) is 47.9 Å². The Balaban J connectivity index is 2.29. The molecule has 0 unspecified atom stereocenters. The van der Waals surface area contributed by atoms with Crippen LogP contribution in [0.25, 0.3) is 22.2 Å². The molecule has 0 fully saturated rings. The number of nitrogens with zero attached hydrogens (tertiary/aromatic N) is 2. The van der Waals surface area contributed by atoms with Crippen LogP contribution in [0.2, 0.25) is 0 Å². The molecule has 0 saturated heterocycles. The molecule has 3 rings (SSSR count). The lowest BCUT2D eigenvalue weighted by Crippen LogP contribution is -2.00. The fourth-order valence-electron chi connectivity index (χ4n) is 3.14. The summed E-state index contributed by atoms with van der Waals surface area (Å²) in [4.78, 5) is 15.6. The highest BCUT2D eigenvalue weighted by atomic mass is 16.6. The zero-order valence-electron chi connectivity index (χ0n) is 15.6. The Labute approximate surface area is 156 Å². The van der Waals surface area contributed by atoms with E-state index in [1.165, 1.54) is 6.07 Å². The van der Waals surface area contributed by atoms with Gasteiger partial charge < -0.3 is 14.2 Å². The van der Waals surface area contributed by atoms with Crippen LogP contribution in [0.1, 0.15) is 11.1 Å². The van der Waals surface area contributed by atoms with Crippen molar-refractivity contribution in [2.45, 2.75) is 13.5 Å². The summed E-state index contributed by atoms with van der Waals surface area (Å²) in [6, 6.07) is 10.4. The topological polar surface area (TPSA) is 83.7 Å². The van der Waals surface area contributed by atoms with Crippen molar-refractivity contribution < 1.29 is 19.1 Å². The fraction of sp³-hybridized carbons (Fsp3) is 0.250. The minimum Gasteiger partial charge on any atom is -0.496 e. The molecule has 27 heavy (non-hydrogen) atoms. The van der Waals surface area contributed by atoms with Crippen LogP contribution in [-0.2, 0) is 11.3 Å². The van der Waals surface area contributed by atoms with Gasteiger partial charge in [-0.3, -0.25) is 10.1 Å². The van der Waals surface area contributed by atoms with Crippen LogP contribution in [0.3, 0.4) is 0 Å². The minimum absolute atomic E-state index is 0.0315. The van der Waals surface area contributed by atoms with Crippen molar-refractivity contribution in [2.75, 3.05) is 21.3 Å². The van der Waals surface area contributed by atoms with E-state index in [2.05, 4.69) is 4.98 Å². The molecule has 140 valence electrons. The number of pyridine rings is 1. The molecule has 0 bridgehead atoms. The predicted molar refractivity (Wildman–Crippen MR) is 102 cm³/mol. The van der Waals surface area contributed by atoms with E-state index in [4.69, 9.17) is 14.2 Å². The summed E-state index contributed by atoms with van der Waals surface area (Å²) in [6.45, 7) is 2.28. The largest absolute Gasteiger partial charge is 0.496 e. The van der Waals surface area contributed by atoms with Crippen molar-refractivity contribution in [3.05, 3.63) is 57.6 Å². The Kier molecular flexibility index (Phi) is 5.23. The van der Waals surface area contributed by atoms with E-state index in [1.807, 2.05) is 19.1 Å². The summed E-state index contributed by atoms with van der Waals surface area (Å²) in [6.07, 6.45) is 0. The van der Waals surface area contributed by atoms with E-state index < -0.39 is 4.92 Å². The Morgan fingerprint density at radius 1 is 1.07 bits per heavy atom. The lowest BCUT2D eigenvalue weighted by molar-refractivity contribution is -0.383. The van der Waals surface area contributed by atoms with Gasteiger partial charge >= 0.3 is 0 Å². The average Bonchev–Trinajstić information content (AvgIpc) is 2.66. The highest BCUT2D eigenvalue weighted by Crippen LogP contribution is 2.41. The normalized spacial score (nSPS) is 10.8. The van der Waals surface area contributed by atoms with E-state index in [0.717, 1.165) is 11.1 Å². The van der Waals surface area contributed by atoms with E-state index in [1.54, 1.807) is 39.5 Å². The molecule has 1 heterocycles. The molecule has 0 aliphatic heterocycles. The summed E-state index contributed by atoms with van der Waals surface area (Å²) in [7, 11) is 4.78. The van der Waals surface area contributed by atoms with E-state index >= 15 is 0 Å². The number of aromatic nitrogens is 1. The molecule has 2 aromatic carbocycles. The van der Waals surface area contributed by atoms with Crippen molar-refractivity contribution in [3.63, 3.8) is 0 Å². The zero-order chi connectivity index (χ0) is 19.6. The predicted octanol–water partition coefficient (Wildman–Crippen LogP) is 4.28. The fourth-order valence-corrected chi connectivity index (χ4v) is 3.14. The summed E-state index contributed by atoms with van der Waals surface area (Å²) < 4.78 is 16.3. The monoisotopic (exact) mass is 368 g/mol. The third kappa shape index (κ3) is 3.41. The van der Waals surface area contributed by atoms with Gasteiger partial charge in [-0.05, 0) is 42.3 Å². The zero-order valence-corrected chi connectivity index (χ0v) is 15.6. The molecule has 0 aliphatic carbocycles. The number of benzene rings is 2. The Bertz CT molecular complexity index is 992. The van der Waals surface area contributed by atoms with Crippen LogP contribution in [0.5, 0.6) is 11.5 Å². The van der Waals surface area contributed by atoms with E-state index in [-0.39, 0.29) is 5.69 Å². The van der Waals surface area contributed by atoms with Crippen molar-refractivity contribution >= 4 is 16.6 Å². The van der Waals surface area contributed by atoms with Crippen molar-refractivity contribution in [2.24, 2.45) is 0 Å². The highest BCUT2D eigenvalue weighted by Gasteiger charge is 2.20.